The zero-order valence-electron chi connectivity index (χ0n) is 12.1. The van der Waals surface area contributed by atoms with Crippen molar-refractivity contribution in [1.29, 1.82) is 0 Å². The van der Waals surface area contributed by atoms with Crippen LogP contribution in [0.3, 0.4) is 0 Å². The molecule has 0 spiro atoms. The third-order valence-corrected chi connectivity index (χ3v) is 4.26. The van der Waals surface area contributed by atoms with Crippen LogP contribution in [0, 0.1) is 17.5 Å². The number of aromatic nitrogens is 1. The van der Waals surface area contributed by atoms with E-state index in [1.807, 2.05) is 0 Å². The van der Waals surface area contributed by atoms with Gasteiger partial charge in [-0.1, -0.05) is 6.42 Å². The Bertz CT molecular complexity index is 672. The molecular weight excluding hydrogens is 315 g/mol. The highest BCUT2D eigenvalue weighted by Crippen LogP contribution is 2.29. The third kappa shape index (κ3) is 3.97. The molecule has 1 heterocycles. The average molecular weight is 331 g/mol. The van der Waals surface area contributed by atoms with Gasteiger partial charge >= 0.3 is 5.97 Å². The second-order valence-corrected chi connectivity index (χ2v) is 5.89. The van der Waals surface area contributed by atoms with E-state index in [1.54, 1.807) is 6.92 Å². The van der Waals surface area contributed by atoms with Crippen molar-refractivity contribution in [3.8, 4) is 0 Å². The number of halogens is 3. The van der Waals surface area contributed by atoms with E-state index in [1.165, 1.54) is 0 Å². The molecule has 0 unspecified atom stereocenters. The van der Waals surface area contributed by atoms with Crippen molar-refractivity contribution in [2.45, 2.75) is 39.0 Å². The predicted molar refractivity (Wildman–Crippen MR) is 78.3 cm³/mol. The number of nitrogens with zero attached hydrogens (tertiary/aromatic N) is 1. The molecule has 0 radical (unpaired) electrons. The molecule has 3 nitrogen and oxygen atoms in total. The van der Waals surface area contributed by atoms with Crippen LogP contribution >= 0.6 is 11.3 Å². The minimum Gasteiger partial charge on any atom is -0.466 e. The number of hydrogen-bond donors (Lipinski definition) is 0. The summed E-state index contributed by atoms with van der Waals surface area (Å²) in [5.41, 5.74) is -0.246. The number of fused-ring (bicyclic) bond motifs is 1. The van der Waals surface area contributed by atoms with E-state index >= 15 is 0 Å². The van der Waals surface area contributed by atoms with Crippen LogP contribution in [0.2, 0.25) is 0 Å². The van der Waals surface area contributed by atoms with E-state index in [0.717, 1.165) is 24.2 Å². The summed E-state index contributed by atoms with van der Waals surface area (Å²) >= 11 is 1.03. The van der Waals surface area contributed by atoms with Gasteiger partial charge in [0.1, 0.15) is 11.3 Å². The molecule has 0 atom stereocenters. The minimum absolute atomic E-state index is 0.0421. The summed E-state index contributed by atoms with van der Waals surface area (Å²) in [5, 5.41) is 0.564. The van der Waals surface area contributed by atoms with Crippen LogP contribution < -0.4 is 0 Å². The first-order valence-corrected chi connectivity index (χ1v) is 7.93. The quantitative estimate of drug-likeness (QED) is 0.429. The van der Waals surface area contributed by atoms with Crippen LogP contribution in [-0.2, 0) is 16.0 Å². The van der Waals surface area contributed by atoms with Gasteiger partial charge in [0.15, 0.2) is 11.6 Å². The number of unbranched alkanes of at least 4 members (excludes halogenated alkanes) is 2. The fraction of sp³-hybridized carbons (Fsp3) is 0.467. The van der Waals surface area contributed by atoms with E-state index < -0.39 is 17.5 Å². The van der Waals surface area contributed by atoms with Gasteiger partial charge in [-0.3, -0.25) is 4.79 Å². The maximum absolute atomic E-state index is 13.6. The standard InChI is InChI=1S/C15H16F3NO2S/c1-2-21-12(20)7-5-3-4-6-11-19-14-13(18)9(16)8-10(17)15(14)22-11/h8H,2-7H2,1H3. The summed E-state index contributed by atoms with van der Waals surface area (Å²) in [5.74, 6) is -3.35. The lowest BCUT2D eigenvalue weighted by atomic mass is 10.1. The SMILES string of the molecule is CCOC(=O)CCCCCc1nc2c(F)c(F)cc(F)c2s1. The van der Waals surface area contributed by atoms with Crippen molar-refractivity contribution >= 4 is 27.5 Å². The monoisotopic (exact) mass is 331 g/mol. The summed E-state index contributed by atoms with van der Waals surface area (Å²) in [7, 11) is 0. The fourth-order valence-electron chi connectivity index (χ4n) is 2.09. The molecule has 0 bridgehead atoms. The first-order valence-electron chi connectivity index (χ1n) is 7.11. The zero-order chi connectivity index (χ0) is 16.1. The summed E-state index contributed by atoms with van der Waals surface area (Å²) in [6, 6.07) is 0.541. The van der Waals surface area contributed by atoms with E-state index in [9.17, 15) is 18.0 Å². The average Bonchev–Trinajstić information content (AvgIpc) is 2.90. The van der Waals surface area contributed by atoms with E-state index in [4.69, 9.17) is 4.74 Å². The molecule has 2 aromatic rings. The highest BCUT2D eigenvalue weighted by molar-refractivity contribution is 7.18. The van der Waals surface area contributed by atoms with Crippen molar-refractivity contribution in [3.63, 3.8) is 0 Å². The lowest BCUT2D eigenvalue weighted by molar-refractivity contribution is -0.143. The summed E-state index contributed by atoms with van der Waals surface area (Å²) in [6.07, 6.45) is 3.13. The molecule has 0 aliphatic heterocycles. The van der Waals surface area contributed by atoms with Gasteiger partial charge in [-0.15, -0.1) is 11.3 Å². The number of aryl methyl sites for hydroxylation is 1. The topological polar surface area (TPSA) is 39.2 Å². The van der Waals surface area contributed by atoms with E-state index in [2.05, 4.69) is 4.98 Å². The molecule has 1 aromatic carbocycles. The maximum atomic E-state index is 13.6. The molecule has 0 aliphatic rings. The van der Waals surface area contributed by atoms with Gasteiger partial charge in [-0.05, 0) is 26.2 Å². The van der Waals surface area contributed by atoms with Crippen molar-refractivity contribution in [1.82, 2.24) is 4.98 Å². The van der Waals surface area contributed by atoms with Gasteiger partial charge in [-0.25, -0.2) is 18.2 Å². The number of esters is 1. The van der Waals surface area contributed by atoms with E-state index in [-0.39, 0.29) is 16.2 Å². The lowest BCUT2D eigenvalue weighted by Crippen LogP contribution is -2.03. The highest BCUT2D eigenvalue weighted by Gasteiger charge is 2.17. The number of thiazole rings is 1. The second kappa shape index (κ2) is 7.58. The van der Waals surface area contributed by atoms with Gasteiger partial charge in [0.2, 0.25) is 0 Å². The van der Waals surface area contributed by atoms with Gasteiger partial charge in [0.05, 0.1) is 16.3 Å². The summed E-state index contributed by atoms with van der Waals surface area (Å²) in [6.45, 7) is 2.13. The Labute approximate surface area is 130 Å². The molecule has 0 N–H and O–H groups in total. The Morgan fingerprint density at radius 2 is 2.00 bits per heavy atom. The minimum atomic E-state index is -1.23. The van der Waals surface area contributed by atoms with Crippen LogP contribution in [0.25, 0.3) is 10.2 Å². The van der Waals surface area contributed by atoms with Crippen molar-refractivity contribution in [2.75, 3.05) is 6.61 Å². The van der Waals surface area contributed by atoms with Gasteiger partial charge in [-0.2, -0.15) is 0 Å². The number of benzene rings is 1. The van der Waals surface area contributed by atoms with Gasteiger partial charge < -0.3 is 4.74 Å². The van der Waals surface area contributed by atoms with Crippen LogP contribution in [-0.4, -0.2) is 17.6 Å². The largest absolute Gasteiger partial charge is 0.466 e. The molecule has 0 aliphatic carbocycles. The Morgan fingerprint density at radius 3 is 2.73 bits per heavy atom. The smallest absolute Gasteiger partial charge is 0.305 e. The normalized spacial score (nSPS) is 11.1. The van der Waals surface area contributed by atoms with Crippen molar-refractivity contribution < 1.29 is 22.7 Å². The molecule has 22 heavy (non-hydrogen) atoms. The number of rotatable bonds is 7. The number of ether oxygens (including phenoxy) is 1. The first kappa shape index (κ1) is 16.7. The molecule has 0 saturated carbocycles. The Balaban J connectivity index is 1.89. The fourth-order valence-corrected chi connectivity index (χ4v) is 3.10. The molecule has 0 fully saturated rings. The molecule has 0 saturated heterocycles. The third-order valence-electron chi connectivity index (χ3n) is 3.14. The molecule has 120 valence electrons. The first-order chi connectivity index (χ1) is 10.5. The number of carbonyl (C=O) groups excluding carboxylic acids is 1. The molecule has 2 rings (SSSR count). The highest BCUT2D eigenvalue weighted by atomic mass is 32.1. The summed E-state index contributed by atoms with van der Waals surface area (Å²) < 4.78 is 45.1. The van der Waals surface area contributed by atoms with E-state index in [0.29, 0.717) is 36.9 Å². The maximum Gasteiger partial charge on any atom is 0.305 e. The number of carbonyl (C=O) groups is 1. The zero-order valence-corrected chi connectivity index (χ0v) is 12.9. The van der Waals surface area contributed by atoms with Crippen LogP contribution in [0.1, 0.15) is 37.6 Å². The Morgan fingerprint density at radius 1 is 1.23 bits per heavy atom. The van der Waals surface area contributed by atoms with Crippen molar-refractivity contribution in [2.24, 2.45) is 0 Å². The second-order valence-electron chi connectivity index (χ2n) is 4.81. The molecular formula is C15H16F3NO2S. The summed E-state index contributed by atoms with van der Waals surface area (Å²) in [4.78, 5) is 15.1. The molecule has 7 heteroatoms. The predicted octanol–water partition coefficient (Wildman–Crippen LogP) is 4.38. The van der Waals surface area contributed by atoms with Crippen molar-refractivity contribution in [3.05, 3.63) is 28.5 Å². The molecule has 1 aromatic heterocycles. The Kier molecular flexibility index (Phi) is 5.76. The van der Waals surface area contributed by atoms with Crippen LogP contribution in [0.15, 0.2) is 6.07 Å². The van der Waals surface area contributed by atoms with Crippen LogP contribution in [0.4, 0.5) is 13.2 Å². The lowest BCUT2D eigenvalue weighted by Gasteiger charge is -2.01. The van der Waals surface area contributed by atoms with Gasteiger partial charge in [0, 0.05) is 12.5 Å². The molecule has 0 amide bonds. The van der Waals surface area contributed by atoms with Crippen LogP contribution in [0.5, 0.6) is 0 Å². The number of hydrogen-bond acceptors (Lipinski definition) is 4. The van der Waals surface area contributed by atoms with Gasteiger partial charge in [0.25, 0.3) is 0 Å². The Hall–Kier alpha value is -1.63.